The van der Waals surface area contributed by atoms with Gasteiger partial charge in [0.05, 0.1) is 6.04 Å². The summed E-state index contributed by atoms with van der Waals surface area (Å²) in [5, 5.41) is 12.7. The molecule has 7 atom stereocenters. The molecule has 2 saturated heterocycles. The summed E-state index contributed by atoms with van der Waals surface area (Å²) in [4.78, 5) is 16.5. The summed E-state index contributed by atoms with van der Waals surface area (Å²) >= 11 is 0. The van der Waals surface area contributed by atoms with E-state index in [2.05, 4.69) is 0 Å². The van der Waals surface area contributed by atoms with E-state index in [4.69, 9.17) is 0 Å². The first kappa shape index (κ1) is 13.9. The number of hydrogen-bond donors (Lipinski definition) is 0. The number of nitro groups is 1. The number of rotatable bonds is 1. The second kappa shape index (κ2) is 4.78. The zero-order valence-electron chi connectivity index (χ0n) is 17.6. The van der Waals surface area contributed by atoms with Gasteiger partial charge in [-0.15, -0.1) is 0 Å². The van der Waals surface area contributed by atoms with E-state index < -0.39 is 35.5 Å². The van der Waals surface area contributed by atoms with Gasteiger partial charge in [0.2, 0.25) is 0 Å². The Morgan fingerprint density at radius 3 is 2.15 bits per heavy atom. The lowest BCUT2D eigenvalue weighted by Crippen LogP contribution is -2.78. The number of nitrogens with zero attached hydrogens (tertiary/aromatic N) is 3. The van der Waals surface area contributed by atoms with E-state index >= 15 is 0 Å². The van der Waals surface area contributed by atoms with Crippen molar-refractivity contribution in [2.45, 2.75) is 48.4 Å². The predicted molar refractivity (Wildman–Crippen MR) is 102 cm³/mol. The van der Waals surface area contributed by atoms with Crippen LogP contribution in [-0.2, 0) is 0 Å². The van der Waals surface area contributed by atoms with Gasteiger partial charge in [0.25, 0.3) is 5.54 Å². The van der Waals surface area contributed by atoms with Crippen LogP contribution < -0.4 is 0 Å². The molecule has 7 rings (SSSR count). The minimum absolute atomic E-state index is 0.168. The highest BCUT2D eigenvalue weighted by molar-refractivity contribution is 5.54. The van der Waals surface area contributed by atoms with Crippen LogP contribution in [0.25, 0.3) is 0 Å². The summed E-state index contributed by atoms with van der Waals surface area (Å²) in [5.41, 5.74) is 2.12. The average Bonchev–Trinajstić information content (AvgIpc) is 2.67. The molecular formula is C22H23N3O2. The topological polar surface area (TPSA) is 49.6 Å². The number of benzene rings is 2. The van der Waals surface area contributed by atoms with Crippen molar-refractivity contribution in [3.63, 3.8) is 0 Å². The van der Waals surface area contributed by atoms with Crippen LogP contribution >= 0.6 is 0 Å². The summed E-state index contributed by atoms with van der Waals surface area (Å²) in [7, 11) is 3.76. The molecule has 27 heavy (non-hydrogen) atoms. The third-order valence-corrected chi connectivity index (χ3v) is 7.44. The fourth-order valence-electron chi connectivity index (χ4n) is 6.64. The molecule has 2 aromatic rings. The van der Waals surface area contributed by atoms with Gasteiger partial charge in [0.15, 0.2) is 0 Å². The average molecular weight is 363 g/mol. The maximum Gasteiger partial charge on any atom is 0.254 e. The SMILES string of the molecule is [2H]C12c3ccccc3[C@@H]3N(C)C1C1([2H])c4ccccc4C2N(C)[C@@H]1C3(C)[N+](=O)[O-]. The first-order valence-corrected chi connectivity index (χ1v) is 9.48. The Balaban J connectivity index is 1.84. The molecule has 5 nitrogen and oxygen atoms in total. The maximum absolute atomic E-state index is 12.7. The zero-order chi connectivity index (χ0) is 20.5. The largest absolute Gasteiger partial charge is 0.289 e. The fourth-order valence-corrected chi connectivity index (χ4v) is 6.64. The molecule has 5 heteroatoms. The van der Waals surface area contributed by atoms with Crippen molar-refractivity contribution in [3.05, 3.63) is 80.9 Å². The summed E-state index contributed by atoms with van der Waals surface area (Å²) in [6.45, 7) is 1.71. The molecule has 4 heterocycles. The van der Waals surface area contributed by atoms with Crippen LogP contribution in [0.4, 0.5) is 0 Å². The van der Waals surface area contributed by atoms with Crippen molar-refractivity contribution >= 4 is 0 Å². The molecule has 5 unspecified atom stereocenters. The van der Waals surface area contributed by atoms with E-state index in [0.717, 1.165) is 22.3 Å². The van der Waals surface area contributed by atoms with Crippen molar-refractivity contribution in [2.24, 2.45) is 0 Å². The van der Waals surface area contributed by atoms with Crippen molar-refractivity contribution < 1.29 is 7.66 Å². The van der Waals surface area contributed by atoms with Gasteiger partial charge in [-0.2, -0.15) is 0 Å². The number of likely N-dealkylation sites (N-methyl/N-ethyl adjacent to an activating group) is 2. The minimum Gasteiger partial charge on any atom is -0.289 e. The normalized spacial score (nSPS) is 47.8. The van der Waals surface area contributed by atoms with Crippen molar-refractivity contribution in [3.8, 4) is 0 Å². The van der Waals surface area contributed by atoms with Crippen LogP contribution in [0.5, 0.6) is 0 Å². The lowest BCUT2D eigenvalue weighted by molar-refractivity contribution is -0.594. The Bertz CT molecular complexity index is 1100. The summed E-state index contributed by atoms with van der Waals surface area (Å²) in [6.07, 6.45) is 0. The van der Waals surface area contributed by atoms with Crippen LogP contribution in [0.3, 0.4) is 0 Å². The minimum atomic E-state index is -1.38. The van der Waals surface area contributed by atoms with E-state index in [1.54, 1.807) is 6.92 Å². The van der Waals surface area contributed by atoms with Crippen molar-refractivity contribution in [1.29, 1.82) is 0 Å². The maximum atomic E-state index is 12.7. The standard InChI is InChI=1S/C22H23N3O2/c1-22(25(26)27)20-15-11-7-5-9-13(15)16-18-14-10-6-4-8-12(14)17(19(16)24(20)3)21(22)23(18)2/h4-11,16-21H,1-3H3/t16?,17?,18?,19?,20-,21-,22?/m0/s1/i16D,17D. The van der Waals surface area contributed by atoms with Crippen LogP contribution in [0.1, 0.15) is 55.8 Å². The predicted octanol–water partition coefficient (Wildman–Crippen LogP) is 3.33. The van der Waals surface area contributed by atoms with Gasteiger partial charge in [-0.3, -0.25) is 19.9 Å². The quantitative estimate of drug-likeness (QED) is 0.576. The van der Waals surface area contributed by atoms with Crippen LogP contribution in [0.15, 0.2) is 48.5 Å². The Labute approximate surface area is 161 Å². The van der Waals surface area contributed by atoms with Gasteiger partial charge in [-0.05, 0) is 36.3 Å². The Kier molecular flexibility index (Phi) is 2.45. The summed E-state index contributed by atoms with van der Waals surface area (Å²) in [6, 6.07) is 13.6. The summed E-state index contributed by atoms with van der Waals surface area (Å²) < 4.78 is 19.7. The molecule has 0 N–H and O–H groups in total. The van der Waals surface area contributed by atoms with Gasteiger partial charge in [0.1, 0.15) is 6.04 Å². The van der Waals surface area contributed by atoms with E-state index in [1.807, 2.05) is 72.4 Å². The Morgan fingerprint density at radius 2 is 1.52 bits per heavy atom. The Hall–Kier alpha value is -2.24. The fraction of sp³-hybridized carbons (Fsp3) is 0.455. The van der Waals surface area contributed by atoms with Gasteiger partial charge in [0, 0.05) is 38.5 Å². The molecule has 5 aliphatic rings. The molecule has 0 radical (unpaired) electrons. The lowest BCUT2D eigenvalue weighted by atomic mass is 9.50. The van der Waals surface area contributed by atoms with Gasteiger partial charge < -0.3 is 0 Å². The van der Waals surface area contributed by atoms with Crippen molar-refractivity contribution in [2.75, 3.05) is 14.1 Å². The molecule has 1 aliphatic carbocycles. The molecule has 2 aromatic carbocycles. The molecule has 138 valence electrons. The van der Waals surface area contributed by atoms with E-state index in [1.165, 1.54) is 0 Å². The third kappa shape index (κ3) is 1.53. The molecule has 0 spiro atoms. The zero-order valence-corrected chi connectivity index (χ0v) is 15.6. The van der Waals surface area contributed by atoms with Crippen LogP contribution in [-0.4, -0.2) is 46.4 Å². The first-order chi connectivity index (χ1) is 13.7. The van der Waals surface area contributed by atoms with Gasteiger partial charge >= 0.3 is 0 Å². The molecule has 2 fully saturated rings. The van der Waals surface area contributed by atoms with Crippen LogP contribution in [0, 0.1) is 10.1 Å². The highest BCUT2D eigenvalue weighted by Crippen LogP contribution is 2.68. The first-order valence-electron chi connectivity index (χ1n) is 10.5. The third-order valence-electron chi connectivity index (χ3n) is 7.44. The van der Waals surface area contributed by atoms with Crippen molar-refractivity contribution in [1.82, 2.24) is 9.80 Å². The molecule has 0 aromatic heterocycles. The smallest absolute Gasteiger partial charge is 0.254 e. The monoisotopic (exact) mass is 363 g/mol. The van der Waals surface area contributed by atoms with E-state index in [9.17, 15) is 12.9 Å². The molecule has 0 saturated carbocycles. The highest BCUT2D eigenvalue weighted by atomic mass is 16.6. The second-order valence-electron chi connectivity index (χ2n) is 8.51. The van der Waals surface area contributed by atoms with Crippen LogP contribution in [0.2, 0.25) is 0 Å². The van der Waals surface area contributed by atoms with Gasteiger partial charge in [-0.1, -0.05) is 48.5 Å². The van der Waals surface area contributed by atoms with E-state index in [0.29, 0.717) is 0 Å². The molecule has 4 aliphatic heterocycles. The lowest BCUT2D eigenvalue weighted by Gasteiger charge is -2.69. The number of piperidine rings is 2. The van der Waals surface area contributed by atoms with E-state index in [-0.39, 0.29) is 11.0 Å². The second-order valence-corrected chi connectivity index (χ2v) is 8.51. The summed E-state index contributed by atoms with van der Waals surface area (Å²) in [5.74, 6) is -2.34. The molecule has 5 bridgehead atoms. The molecular weight excluding hydrogens is 338 g/mol. The number of hydrogen-bond acceptors (Lipinski definition) is 4. The highest BCUT2D eigenvalue weighted by Gasteiger charge is 2.74. The van der Waals surface area contributed by atoms with Gasteiger partial charge in [-0.25, -0.2) is 0 Å². The molecule has 0 amide bonds. The number of fused-ring (bicyclic) bond motifs is 3. The Morgan fingerprint density at radius 1 is 0.963 bits per heavy atom.